The van der Waals surface area contributed by atoms with Crippen molar-refractivity contribution in [2.45, 2.75) is 32.6 Å². The predicted molar refractivity (Wildman–Crippen MR) is 62.8 cm³/mol. The van der Waals surface area contributed by atoms with Crippen molar-refractivity contribution in [1.82, 2.24) is 5.32 Å². The average Bonchev–Trinajstić information content (AvgIpc) is 2.29. The van der Waals surface area contributed by atoms with Gasteiger partial charge in [0.15, 0.2) is 0 Å². The van der Waals surface area contributed by atoms with Crippen molar-refractivity contribution in [3.8, 4) is 0 Å². The van der Waals surface area contributed by atoms with Crippen LogP contribution in [-0.4, -0.2) is 12.5 Å². The Labute approximate surface area is 91.7 Å². The Morgan fingerprint density at radius 1 is 1.27 bits per heavy atom. The first kappa shape index (κ1) is 11.8. The highest BCUT2D eigenvalue weighted by Crippen LogP contribution is 2.18. The van der Waals surface area contributed by atoms with Gasteiger partial charge in [-0.05, 0) is 18.4 Å². The number of rotatable bonds is 5. The highest BCUT2D eigenvalue weighted by atomic mass is 16.1. The van der Waals surface area contributed by atoms with Gasteiger partial charge in [-0.2, -0.15) is 0 Å². The molecule has 0 heterocycles. The number of carbonyl (C=O) groups is 1. The van der Waals surface area contributed by atoms with E-state index < -0.39 is 0 Å². The number of hydrogen-bond donors (Lipinski definition) is 1. The minimum absolute atomic E-state index is 0.00208. The highest BCUT2D eigenvalue weighted by molar-refractivity contribution is 5.83. The monoisotopic (exact) mass is 205 g/mol. The molecule has 0 aliphatic carbocycles. The third kappa shape index (κ3) is 3.39. The average molecular weight is 205 g/mol. The van der Waals surface area contributed by atoms with Gasteiger partial charge in [0.1, 0.15) is 0 Å². The minimum atomic E-state index is -0.00208. The molecule has 0 saturated heterocycles. The zero-order chi connectivity index (χ0) is 11.1. The third-order valence-corrected chi connectivity index (χ3v) is 2.48. The summed E-state index contributed by atoms with van der Waals surface area (Å²) in [5, 5.41) is 2.94. The number of carbonyl (C=O) groups excluding carboxylic acids is 1. The second-order valence-electron chi connectivity index (χ2n) is 3.66. The second-order valence-corrected chi connectivity index (χ2v) is 3.66. The Hall–Kier alpha value is -1.31. The maximum Gasteiger partial charge on any atom is 0.227 e. The molecule has 82 valence electrons. The molecule has 1 rings (SSSR count). The Morgan fingerprint density at radius 2 is 1.93 bits per heavy atom. The van der Waals surface area contributed by atoms with E-state index in [1.54, 1.807) is 0 Å². The lowest BCUT2D eigenvalue weighted by molar-refractivity contribution is -0.122. The van der Waals surface area contributed by atoms with Crippen LogP contribution in [0, 0.1) is 0 Å². The first-order chi connectivity index (χ1) is 7.29. The highest BCUT2D eigenvalue weighted by Gasteiger charge is 2.17. The van der Waals surface area contributed by atoms with Gasteiger partial charge < -0.3 is 5.32 Å². The lowest BCUT2D eigenvalue weighted by Crippen LogP contribution is -2.29. The van der Waals surface area contributed by atoms with E-state index in [0.29, 0.717) is 0 Å². The molecule has 0 saturated carbocycles. The van der Waals surface area contributed by atoms with E-state index in [9.17, 15) is 4.79 Å². The molecule has 15 heavy (non-hydrogen) atoms. The molecule has 1 N–H and O–H groups in total. The first-order valence-corrected chi connectivity index (χ1v) is 5.62. The topological polar surface area (TPSA) is 29.1 Å². The summed E-state index contributed by atoms with van der Waals surface area (Å²) >= 11 is 0. The van der Waals surface area contributed by atoms with Gasteiger partial charge in [0.05, 0.1) is 5.92 Å². The quantitative estimate of drug-likeness (QED) is 0.786. The Kier molecular flexibility index (Phi) is 4.88. The largest absolute Gasteiger partial charge is 0.356 e. The number of amides is 1. The molecule has 1 amide bonds. The van der Waals surface area contributed by atoms with E-state index in [-0.39, 0.29) is 11.8 Å². The lowest BCUT2D eigenvalue weighted by Gasteiger charge is -2.14. The van der Waals surface area contributed by atoms with E-state index in [4.69, 9.17) is 0 Å². The van der Waals surface area contributed by atoms with Gasteiger partial charge in [-0.25, -0.2) is 0 Å². The normalized spacial score (nSPS) is 12.1. The van der Waals surface area contributed by atoms with Gasteiger partial charge in [0, 0.05) is 6.54 Å². The van der Waals surface area contributed by atoms with E-state index >= 15 is 0 Å². The SMILES string of the molecule is CCCNC(=O)[C@H](CC)c1ccccc1. The van der Waals surface area contributed by atoms with E-state index in [2.05, 4.69) is 12.2 Å². The summed E-state index contributed by atoms with van der Waals surface area (Å²) in [6.07, 6.45) is 1.83. The zero-order valence-electron chi connectivity index (χ0n) is 9.49. The van der Waals surface area contributed by atoms with Crippen molar-refractivity contribution in [2.24, 2.45) is 0 Å². The fourth-order valence-electron chi connectivity index (χ4n) is 1.63. The van der Waals surface area contributed by atoms with Crippen LogP contribution in [0.1, 0.15) is 38.2 Å². The fourth-order valence-corrected chi connectivity index (χ4v) is 1.63. The van der Waals surface area contributed by atoms with Crippen LogP contribution in [0.5, 0.6) is 0 Å². The molecule has 0 fully saturated rings. The molecule has 0 aliphatic rings. The van der Waals surface area contributed by atoms with Gasteiger partial charge in [0.25, 0.3) is 0 Å². The van der Waals surface area contributed by atoms with Crippen molar-refractivity contribution in [3.63, 3.8) is 0 Å². The number of nitrogens with one attached hydrogen (secondary N) is 1. The van der Waals surface area contributed by atoms with Gasteiger partial charge in [0.2, 0.25) is 5.91 Å². The van der Waals surface area contributed by atoms with Crippen LogP contribution >= 0.6 is 0 Å². The van der Waals surface area contributed by atoms with Crippen LogP contribution in [0.25, 0.3) is 0 Å². The number of benzene rings is 1. The van der Waals surface area contributed by atoms with Crippen molar-refractivity contribution >= 4 is 5.91 Å². The van der Waals surface area contributed by atoms with E-state index in [1.165, 1.54) is 0 Å². The third-order valence-electron chi connectivity index (χ3n) is 2.48. The molecular formula is C13H19NO. The molecule has 2 heteroatoms. The fraction of sp³-hybridized carbons (Fsp3) is 0.462. The minimum Gasteiger partial charge on any atom is -0.356 e. The second kappa shape index (κ2) is 6.23. The van der Waals surface area contributed by atoms with Crippen molar-refractivity contribution in [1.29, 1.82) is 0 Å². The molecule has 0 unspecified atom stereocenters. The molecule has 2 nitrogen and oxygen atoms in total. The lowest BCUT2D eigenvalue weighted by atomic mass is 9.96. The standard InChI is InChI=1S/C13H19NO/c1-3-10-14-13(15)12(4-2)11-8-6-5-7-9-11/h5-9,12H,3-4,10H2,1-2H3,(H,14,15)/t12-/m1/s1. The van der Waals surface area contributed by atoms with Gasteiger partial charge in [-0.3, -0.25) is 4.79 Å². The molecule has 1 aromatic carbocycles. The maximum absolute atomic E-state index is 11.8. The van der Waals surface area contributed by atoms with Crippen LogP contribution in [0.3, 0.4) is 0 Å². The molecule has 1 aromatic rings. The molecule has 0 aliphatic heterocycles. The summed E-state index contributed by atoms with van der Waals surface area (Å²) in [4.78, 5) is 11.8. The van der Waals surface area contributed by atoms with Crippen LogP contribution in [0.4, 0.5) is 0 Å². The maximum atomic E-state index is 11.8. The molecule has 0 radical (unpaired) electrons. The zero-order valence-corrected chi connectivity index (χ0v) is 9.49. The summed E-state index contributed by atoms with van der Waals surface area (Å²) in [6.45, 7) is 4.87. The van der Waals surface area contributed by atoms with Crippen LogP contribution in [0.2, 0.25) is 0 Å². The van der Waals surface area contributed by atoms with Gasteiger partial charge in [-0.1, -0.05) is 44.2 Å². The van der Waals surface area contributed by atoms with Gasteiger partial charge >= 0.3 is 0 Å². The van der Waals surface area contributed by atoms with Gasteiger partial charge in [-0.15, -0.1) is 0 Å². The summed E-state index contributed by atoms with van der Waals surface area (Å²) < 4.78 is 0. The first-order valence-electron chi connectivity index (χ1n) is 5.62. The molecule has 1 atom stereocenters. The van der Waals surface area contributed by atoms with E-state index in [0.717, 1.165) is 24.9 Å². The van der Waals surface area contributed by atoms with Crippen molar-refractivity contribution in [2.75, 3.05) is 6.54 Å². The molecule has 0 aromatic heterocycles. The Morgan fingerprint density at radius 3 is 2.47 bits per heavy atom. The molecule has 0 bridgehead atoms. The van der Waals surface area contributed by atoms with Crippen molar-refractivity contribution < 1.29 is 4.79 Å². The summed E-state index contributed by atoms with van der Waals surface area (Å²) in [7, 11) is 0. The van der Waals surface area contributed by atoms with Crippen LogP contribution in [-0.2, 0) is 4.79 Å². The molecular weight excluding hydrogens is 186 g/mol. The smallest absolute Gasteiger partial charge is 0.227 e. The summed E-state index contributed by atoms with van der Waals surface area (Å²) in [5.41, 5.74) is 1.11. The van der Waals surface area contributed by atoms with Crippen LogP contribution < -0.4 is 5.32 Å². The van der Waals surface area contributed by atoms with Crippen LogP contribution in [0.15, 0.2) is 30.3 Å². The Balaban J connectivity index is 2.67. The Bertz CT molecular complexity index is 295. The van der Waals surface area contributed by atoms with E-state index in [1.807, 2.05) is 37.3 Å². The van der Waals surface area contributed by atoms with Crippen molar-refractivity contribution in [3.05, 3.63) is 35.9 Å². The summed E-state index contributed by atoms with van der Waals surface area (Å²) in [5.74, 6) is 0.142. The predicted octanol–water partition coefficient (Wildman–Crippen LogP) is 2.71. The molecule has 0 spiro atoms. The number of hydrogen-bond acceptors (Lipinski definition) is 1. The summed E-state index contributed by atoms with van der Waals surface area (Å²) in [6, 6.07) is 9.95.